The maximum atomic E-state index is 12.9. The first-order chi connectivity index (χ1) is 15.0. The van der Waals surface area contributed by atoms with Gasteiger partial charge in [-0.25, -0.2) is 0 Å². The van der Waals surface area contributed by atoms with E-state index in [0.717, 1.165) is 11.1 Å². The van der Waals surface area contributed by atoms with Gasteiger partial charge in [0.15, 0.2) is 0 Å². The lowest BCUT2D eigenvalue weighted by atomic mass is 9.88. The number of benzene rings is 2. The summed E-state index contributed by atoms with van der Waals surface area (Å²) in [5.74, 6) is 0.0142. The second-order valence-corrected chi connectivity index (χ2v) is 8.80. The molecule has 0 aliphatic carbocycles. The van der Waals surface area contributed by atoms with Gasteiger partial charge in [0, 0.05) is 31.2 Å². The molecule has 2 aromatic carbocycles. The van der Waals surface area contributed by atoms with E-state index in [-0.39, 0.29) is 11.8 Å². The van der Waals surface area contributed by atoms with E-state index in [9.17, 15) is 9.59 Å². The molecule has 2 heterocycles. The SMILES string of the molecule is NC(C(=O)N1CCC2(CC1)CN(C(=O)Cc1cccc(Cl)c1)CCO2)c1ccccc1. The maximum absolute atomic E-state index is 12.9. The molecule has 0 saturated carbocycles. The van der Waals surface area contributed by atoms with Crippen LogP contribution in [0, 0.1) is 0 Å². The third-order valence-electron chi connectivity index (χ3n) is 6.26. The molecule has 2 aliphatic rings. The van der Waals surface area contributed by atoms with Crippen LogP contribution in [0.3, 0.4) is 0 Å². The van der Waals surface area contributed by atoms with Crippen LogP contribution in [0.1, 0.15) is 30.0 Å². The molecular weight excluding hydrogens is 414 g/mol. The molecule has 7 heteroatoms. The molecule has 0 aromatic heterocycles. The Morgan fingerprint density at radius 3 is 2.48 bits per heavy atom. The van der Waals surface area contributed by atoms with Crippen molar-refractivity contribution in [1.29, 1.82) is 0 Å². The van der Waals surface area contributed by atoms with Gasteiger partial charge in [-0.05, 0) is 36.1 Å². The van der Waals surface area contributed by atoms with E-state index in [4.69, 9.17) is 22.1 Å². The highest BCUT2D eigenvalue weighted by Crippen LogP contribution is 2.31. The van der Waals surface area contributed by atoms with Crippen molar-refractivity contribution in [2.75, 3.05) is 32.8 Å². The van der Waals surface area contributed by atoms with Crippen molar-refractivity contribution in [2.24, 2.45) is 5.73 Å². The summed E-state index contributed by atoms with van der Waals surface area (Å²) in [4.78, 5) is 29.4. The van der Waals surface area contributed by atoms with Gasteiger partial charge in [0.05, 0.1) is 18.6 Å². The summed E-state index contributed by atoms with van der Waals surface area (Å²) in [5.41, 5.74) is 7.54. The zero-order valence-electron chi connectivity index (χ0n) is 17.5. The molecule has 1 atom stereocenters. The van der Waals surface area contributed by atoms with Crippen LogP contribution in [0.2, 0.25) is 5.02 Å². The Kier molecular flexibility index (Phi) is 6.60. The number of piperidine rings is 1. The largest absolute Gasteiger partial charge is 0.371 e. The van der Waals surface area contributed by atoms with Crippen LogP contribution in [0.25, 0.3) is 0 Å². The zero-order chi connectivity index (χ0) is 21.8. The first-order valence-corrected chi connectivity index (χ1v) is 11.1. The van der Waals surface area contributed by atoms with Crippen molar-refractivity contribution in [3.05, 3.63) is 70.7 Å². The van der Waals surface area contributed by atoms with E-state index in [1.165, 1.54) is 0 Å². The van der Waals surface area contributed by atoms with Gasteiger partial charge in [-0.1, -0.05) is 54.1 Å². The normalized spacial score (nSPS) is 19.3. The molecule has 2 aliphatic heterocycles. The molecule has 0 radical (unpaired) electrons. The fraction of sp³-hybridized carbons (Fsp3) is 0.417. The molecule has 0 bridgehead atoms. The van der Waals surface area contributed by atoms with E-state index in [1.54, 1.807) is 6.07 Å². The Morgan fingerprint density at radius 2 is 1.77 bits per heavy atom. The lowest BCUT2D eigenvalue weighted by Gasteiger charge is -2.47. The van der Waals surface area contributed by atoms with Gasteiger partial charge in [-0.2, -0.15) is 0 Å². The van der Waals surface area contributed by atoms with Crippen LogP contribution in [0.5, 0.6) is 0 Å². The molecule has 4 rings (SSSR count). The van der Waals surface area contributed by atoms with E-state index in [2.05, 4.69) is 0 Å². The molecule has 2 fully saturated rings. The third-order valence-corrected chi connectivity index (χ3v) is 6.49. The van der Waals surface area contributed by atoms with Gasteiger partial charge in [0.1, 0.15) is 6.04 Å². The number of rotatable bonds is 4. The predicted molar refractivity (Wildman–Crippen MR) is 120 cm³/mol. The molecule has 2 saturated heterocycles. The van der Waals surface area contributed by atoms with E-state index < -0.39 is 11.6 Å². The van der Waals surface area contributed by atoms with Gasteiger partial charge >= 0.3 is 0 Å². The lowest BCUT2D eigenvalue weighted by Crippen LogP contribution is -2.59. The van der Waals surface area contributed by atoms with Crippen molar-refractivity contribution < 1.29 is 14.3 Å². The second-order valence-electron chi connectivity index (χ2n) is 8.37. The van der Waals surface area contributed by atoms with Gasteiger partial charge < -0.3 is 20.3 Å². The Hall–Kier alpha value is -2.41. The van der Waals surface area contributed by atoms with Crippen molar-refractivity contribution in [3.63, 3.8) is 0 Å². The number of nitrogens with two attached hydrogens (primary N) is 1. The minimum atomic E-state index is -0.654. The fourth-order valence-electron chi connectivity index (χ4n) is 4.43. The number of likely N-dealkylation sites (tertiary alicyclic amines) is 1. The number of ether oxygens (including phenoxy) is 1. The summed E-state index contributed by atoms with van der Waals surface area (Å²) in [6, 6.07) is 16.2. The van der Waals surface area contributed by atoms with Crippen LogP contribution < -0.4 is 5.73 Å². The highest BCUT2D eigenvalue weighted by Gasteiger charge is 2.42. The highest BCUT2D eigenvalue weighted by atomic mass is 35.5. The Bertz CT molecular complexity index is 929. The van der Waals surface area contributed by atoms with Crippen molar-refractivity contribution in [2.45, 2.75) is 30.9 Å². The molecular formula is C24H28ClN3O3. The number of carbonyl (C=O) groups is 2. The van der Waals surface area contributed by atoms with Gasteiger partial charge in [0.2, 0.25) is 11.8 Å². The topological polar surface area (TPSA) is 75.9 Å². The minimum absolute atomic E-state index is 0.0641. The lowest BCUT2D eigenvalue weighted by molar-refractivity contribution is -0.163. The highest BCUT2D eigenvalue weighted by molar-refractivity contribution is 6.30. The van der Waals surface area contributed by atoms with Crippen LogP contribution in [0.4, 0.5) is 0 Å². The molecule has 2 aromatic rings. The summed E-state index contributed by atoms with van der Waals surface area (Å²) in [7, 11) is 0. The Morgan fingerprint density at radius 1 is 1.03 bits per heavy atom. The van der Waals surface area contributed by atoms with Gasteiger partial charge in [0.25, 0.3) is 0 Å². The molecule has 31 heavy (non-hydrogen) atoms. The summed E-state index contributed by atoms with van der Waals surface area (Å²) in [6.07, 6.45) is 1.72. The van der Waals surface area contributed by atoms with Crippen LogP contribution >= 0.6 is 11.6 Å². The molecule has 6 nitrogen and oxygen atoms in total. The Labute approximate surface area is 187 Å². The van der Waals surface area contributed by atoms with Crippen LogP contribution in [0.15, 0.2) is 54.6 Å². The maximum Gasteiger partial charge on any atom is 0.244 e. The summed E-state index contributed by atoms with van der Waals surface area (Å²) in [6.45, 7) is 2.81. The summed E-state index contributed by atoms with van der Waals surface area (Å²) >= 11 is 6.05. The number of hydrogen-bond donors (Lipinski definition) is 1. The van der Waals surface area contributed by atoms with Crippen molar-refractivity contribution in [3.8, 4) is 0 Å². The van der Waals surface area contributed by atoms with Crippen LogP contribution in [-0.2, 0) is 20.7 Å². The number of morpholine rings is 1. The van der Waals surface area contributed by atoms with Crippen LogP contribution in [-0.4, -0.2) is 60.0 Å². The molecule has 1 unspecified atom stereocenters. The Balaban J connectivity index is 1.34. The molecule has 2 amide bonds. The standard InChI is InChI=1S/C24H28ClN3O3/c25-20-8-4-5-18(15-20)16-21(29)28-13-14-31-24(17-28)9-11-27(12-10-24)23(30)22(26)19-6-2-1-3-7-19/h1-8,15,22H,9-14,16-17,26H2. The number of halogens is 1. The predicted octanol–water partition coefficient (Wildman–Crippen LogP) is 2.80. The van der Waals surface area contributed by atoms with Gasteiger partial charge in [-0.15, -0.1) is 0 Å². The smallest absolute Gasteiger partial charge is 0.244 e. The average molecular weight is 442 g/mol. The number of amides is 2. The molecule has 2 N–H and O–H groups in total. The monoisotopic (exact) mass is 441 g/mol. The number of carbonyl (C=O) groups excluding carboxylic acids is 2. The third kappa shape index (κ3) is 5.09. The van der Waals surface area contributed by atoms with Crippen molar-refractivity contribution in [1.82, 2.24) is 9.80 Å². The minimum Gasteiger partial charge on any atom is -0.371 e. The second kappa shape index (κ2) is 9.39. The number of hydrogen-bond acceptors (Lipinski definition) is 4. The van der Waals surface area contributed by atoms with E-state index in [0.29, 0.717) is 57.1 Å². The molecule has 164 valence electrons. The first kappa shape index (κ1) is 21.8. The van der Waals surface area contributed by atoms with Gasteiger partial charge in [-0.3, -0.25) is 9.59 Å². The van der Waals surface area contributed by atoms with Crippen molar-refractivity contribution >= 4 is 23.4 Å². The molecule has 1 spiro atoms. The number of nitrogens with zero attached hydrogens (tertiary/aromatic N) is 2. The summed E-state index contributed by atoms with van der Waals surface area (Å²) < 4.78 is 6.15. The summed E-state index contributed by atoms with van der Waals surface area (Å²) in [5, 5.41) is 0.634. The fourth-order valence-corrected chi connectivity index (χ4v) is 4.64. The average Bonchev–Trinajstić information content (AvgIpc) is 2.79. The van der Waals surface area contributed by atoms with E-state index in [1.807, 2.05) is 58.3 Å². The van der Waals surface area contributed by atoms with E-state index >= 15 is 0 Å². The zero-order valence-corrected chi connectivity index (χ0v) is 18.3. The first-order valence-electron chi connectivity index (χ1n) is 10.7. The quantitative estimate of drug-likeness (QED) is 0.791.